The number of hydrazone groups is 1. The number of nitrogens with zero attached hydrogens (tertiary/aromatic N) is 3. The third-order valence-electron chi connectivity index (χ3n) is 6.34. The van der Waals surface area contributed by atoms with E-state index in [1.807, 2.05) is 48.5 Å². The summed E-state index contributed by atoms with van der Waals surface area (Å²) in [6.45, 7) is 0.134. The van der Waals surface area contributed by atoms with Gasteiger partial charge in [0.05, 0.1) is 32.6 Å². The van der Waals surface area contributed by atoms with E-state index in [0.717, 1.165) is 28.7 Å². The van der Waals surface area contributed by atoms with Crippen molar-refractivity contribution < 1.29 is 28.2 Å². The summed E-state index contributed by atoms with van der Waals surface area (Å²) in [6, 6.07) is 20.0. The van der Waals surface area contributed by atoms with Crippen LogP contribution in [0.1, 0.15) is 33.9 Å². The van der Waals surface area contributed by atoms with Crippen LogP contribution < -0.4 is 9.47 Å². The van der Waals surface area contributed by atoms with Gasteiger partial charge in [-0.1, -0.05) is 18.2 Å². The minimum Gasteiger partial charge on any atom is -0.497 e. The maximum Gasteiger partial charge on any atom is 0.262 e. The molecule has 1 aliphatic heterocycles. The Morgan fingerprint density at radius 3 is 2.24 bits per heavy atom. The van der Waals surface area contributed by atoms with Crippen molar-refractivity contribution in [3.63, 3.8) is 0 Å². The fourth-order valence-electron chi connectivity index (χ4n) is 4.28. The number of carbonyl (C=O) groups is 2. The molecule has 0 radical (unpaired) electrons. The van der Waals surface area contributed by atoms with Gasteiger partial charge in [-0.2, -0.15) is 5.10 Å². The first-order valence-electron chi connectivity index (χ1n) is 12.1. The topological polar surface area (TPSA) is 80.7 Å². The zero-order valence-corrected chi connectivity index (χ0v) is 21.6. The molecule has 0 spiro atoms. The molecule has 1 heterocycles. The number of methoxy groups -OCH3 is 3. The molecule has 0 saturated heterocycles. The molecule has 198 valence electrons. The Balaban J connectivity index is 1.63. The highest BCUT2D eigenvalue weighted by molar-refractivity contribution is 6.03. The lowest BCUT2D eigenvalue weighted by Crippen LogP contribution is -2.42. The second kappa shape index (κ2) is 12.3. The van der Waals surface area contributed by atoms with Gasteiger partial charge in [0, 0.05) is 25.6 Å². The monoisotopic (exact) mass is 519 g/mol. The van der Waals surface area contributed by atoms with Gasteiger partial charge in [-0.3, -0.25) is 9.59 Å². The van der Waals surface area contributed by atoms with Gasteiger partial charge < -0.3 is 19.1 Å². The van der Waals surface area contributed by atoms with Crippen molar-refractivity contribution in [2.45, 2.75) is 12.5 Å². The first kappa shape index (κ1) is 26.8. The van der Waals surface area contributed by atoms with Crippen LogP contribution in [0.25, 0.3) is 0 Å². The van der Waals surface area contributed by atoms with Crippen molar-refractivity contribution in [2.75, 3.05) is 41.0 Å². The molecule has 0 N–H and O–H groups in total. The molecule has 2 amide bonds. The zero-order chi connectivity index (χ0) is 27.1. The lowest BCUT2D eigenvalue weighted by atomic mass is 9.98. The highest BCUT2D eigenvalue weighted by Gasteiger charge is 2.34. The SMILES string of the molecule is COCCN(CC(=O)N1N=C(c2ccc(OC)cc2)C[C@@H]1c1ccc(OC)cc1)C(=O)c1cccc(F)c1. The first-order valence-corrected chi connectivity index (χ1v) is 12.1. The van der Waals surface area contributed by atoms with E-state index in [9.17, 15) is 14.0 Å². The Bertz CT molecular complexity index is 1290. The third-order valence-corrected chi connectivity index (χ3v) is 6.34. The number of halogens is 1. The number of hydrogen-bond acceptors (Lipinski definition) is 6. The van der Waals surface area contributed by atoms with Crippen molar-refractivity contribution >= 4 is 17.5 Å². The predicted octanol–water partition coefficient (Wildman–Crippen LogP) is 4.31. The summed E-state index contributed by atoms with van der Waals surface area (Å²) in [7, 11) is 4.70. The van der Waals surface area contributed by atoms with E-state index in [4.69, 9.17) is 19.3 Å². The Hall–Kier alpha value is -4.24. The Morgan fingerprint density at radius 1 is 0.974 bits per heavy atom. The highest BCUT2D eigenvalue weighted by Crippen LogP contribution is 2.34. The molecule has 1 atom stereocenters. The van der Waals surface area contributed by atoms with Crippen LogP contribution in [-0.2, 0) is 9.53 Å². The van der Waals surface area contributed by atoms with Gasteiger partial charge in [-0.05, 0) is 65.7 Å². The lowest BCUT2D eigenvalue weighted by molar-refractivity contribution is -0.133. The van der Waals surface area contributed by atoms with Crippen LogP contribution in [0, 0.1) is 5.82 Å². The fourth-order valence-corrected chi connectivity index (χ4v) is 4.28. The second-order valence-electron chi connectivity index (χ2n) is 8.74. The molecule has 9 heteroatoms. The lowest BCUT2D eigenvalue weighted by Gasteiger charge is -2.27. The molecule has 3 aromatic rings. The number of benzene rings is 3. The number of hydrogen-bond donors (Lipinski definition) is 0. The van der Waals surface area contributed by atoms with Gasteiger partial charge in [-0.25, -0.2) is 9.40 Å². The van der Waals surface area contributed by atoms with Crippen LogP contribution in [0.15, 0.2) is 77.9 Å². The highest BCUT2D eigenvalue weighted by atomic mass is 19.1. The molecule has 3 aromatic carbocycles. The van der Waals surface area contributed by atoms with Gasteiger partial charge in [0.1, 0.15) is 23.9 Å². The first-order chi connectivity index (χ1) is 18.4. The summed E-state index contributed by atoms with van der Waals surface area (Å²) in [5.41, 5.74) is 2.64. The van der Waals surface area contributed by atoms with Crippen molar-refractivity contribution in [2.24, 2.45) is 5.10 Å². The van der Waals surface area contributed by atoms with Crippen LogP contribution in [0.4, 0.5) is 4.39 Å². The average Bonchev–Trinajstić information content (AvgIpc) is 3.40. The Kier molecular flexibility index (Phi) is 8.70. The molecule has 38 heavy (non-hydrogen) atoms. The number of rotatable bonds is 10. The van der Waals surface area contributed by atoms with E-state index in [-0.39, 0.29) is 37.2 Å². The van der Waals surface area contributed by atoms with Crippen LogP contribution in [0.3, 0.4) is 0 Å². The summed E-state index contributed by atoms with van der Waals surface area (Å²) in [5.74, 6) is 0.0651. The predicted molar refractivity (Wildman–Crippen MR) is 141 cm³/mol. The molecular weight excluding hydrogens is 489 g/mol. The Labute approximate surface area is 221 Å². The van der Waals surface area contributed by atoms with E-state index >= 15 is 0 Å². The molecular formula is C29H30FN3O5. The standard InChI is InChI=1S/C29H30FN3O5/c1-36-16-15-32(29(35)22-5-4-6-23(30)17-22)19-28(34)33-27(21-9-13-25(38-3)14-10-21)18-26(31-33)20-7-11-24(37-2)12-8-20/h4-14,17,27H,15-16,18-19H2,1-3H3/t27-/m1/s1. The van der Waals surface area contributed by atoms with E-state index < -0.39 is 11.7 Å². The summed E-state index contributed by atoms with van der Waals surface area (Å²) in [4.78, 5) is 28.2. The van der Waals surface area contributed by atoms with Gasteiger partial charge in [0.2, 0.25) is 0 Å². The van der Waals surface area contributed by atoms with Crippen molar-refractivity contribution in [1.82, 2.24) is 9.91 Å². The van der Waals surface area contributed by atoms with Crippen LogP contribution >= 0.6 is 0 Å². The number of carbonyl (C=O) groups excluding carboxylic acids is 2. The summed E-state index contributed by atoms with van der Waals surface area (Å²) >= 11 is 0. The van der Waals surface area contributed by atoms with E-state index in [0.29, 0.717) is 12.2 Å². The van der Waals surface area contributed by atoms with E-state index in [1.165, 1.54) is 35.2 Å². The minimum absolute atomic E-state index is 0.157. The quantitative estimate of drug-likeness (QED) is 0.399. The van der Waals surface area contributed by atoms with Crippen LogP contribution in [0.2, 0.25) is 0 Å². The van der Waals surface area contributed by atoms with Gasteiger partial charge >= 0.3 is 0 Å². The minimum atomic E-state index is -0.526. The normalized spacial score (nSPS) is 14.7. The maximum absolute atomic E-state index is 13.8. The third kappa shape index (κ3) is 6.18. The summed E-state index contributed by atoms with van der Waals surface area (Å²) in [5, 5.41) is 6.12. The van der Waals surface area contributed by atoms with E-state index in [1.54, 1.807) is 14.2 Å². The molecule has 0 fully saturated rings. The molecule has 0 unspecified atom stereocenters. The van der Waals surface area contributed by atoms with Crippen molar-refractivity contribution in [1.29, 1.82) is 0 Å². The molecule has 4 rings (SSSR count). The fraction of sp³-hybridized carbons (Fsp3) is 0.276. The van der Waals surface area contributed by atoms with E-state index in [2.05, 4.69) is 0 Å². The molecule has 0 bridgehead atoms. The summed E-state index contributed by atoms with van der Waals surface area (Å²) < 4.78 is 29.5. The zero-order valence-electron chi connectivity index (χ0n) is 21.6. The average molecular weight is 520 g/mol. The molecule has 1 aliphatic rings. The van der Waals surface area contributed by atoms with Crippen molar-refractivity contribution in [3.05, 3.63) is 95.3 Å². The number of ether oxygens (including phenoxy) is 3. The molecule has 8 nitrogen and oxygen atoms in total. The molecule has 0 aromatic heterocycles. The molecule has 0 saturated carbocycles. The largest absolute Gasteiger partial charge is 0.497 e. The van der Waals surface area contributed by atoms with Crippen molar-refractivity contribution in [3.8, 4) is 11.5 Å². The Morgan fingerprint density at radius 2 is 1.63 bits per heavy atom. The maximum atomic E-state index is 13.8. The summed E-state index contributed by atoms with van der Waals surface area (Å²) in [6.07, 6.45) is 0.486. The van der Waals surface area contributed by atoms with Gasteiger partial charge in [-0.15, -0.1) is 0 Å². The van der Waals surface area contributed by atoms with Crippen LogP contribution in [0.5, 0.6) is 11.5 Å². The van der Waals surface area contributed by atoms with Gasteiger partial charge in [0.25, 0.3) is 11.8 Å². The molecule has 0 aliphatic carbocycles. The van der Waals surface area contributed by atoms with Gasteiger partial charge in [0.15, 0.2) is 0 Å². The van der Waals surface area contributed by atoms with Crippen LogP contribution in [-0.4, -0.2) is 68.5 Å². The number of amides is 2. The second-order valence-corrected chi connectivity index (χ2v) is 8.74. The smallest absolute Gasteiger partial charge is 0.262 e.